The van der Waals surface area contributed by atoms with E-state index in [1.54, 1.807) is 13.8 Å². The number of hydrogen-bond acceptors (Lipinski definition) is 4. The second kappa shape index (κ2) is 6.26. The van der Waals surface area contributed by atoms with E-state index in [0.29, 0.717) is 17.1 Å². The number of carboxylic acid groups (broad SMARTS) is 1. The van der Waals surface area contributed by atoms with E-state index in [1.807, 2.05) is 13.8 Å². The van der Waals surface area contributed by atoms with Crippen LogP contribution >= 0.6 is 0 Å². The lowest BCUT2D eigenvalue weighted by molar-refractivity contribution is -0.137. The van der Waals surface area contributed by atoms with Crippen LogP contribution < -0.4 is 5.32 Å². The molecular formula is C13H19N3O3. The number of rotatable bonds is 5. The maximum atomic E-state index is 12.1. The van der Waals surface area contributed by atoms with E-state index < -0.39 is 12.0 Å². The molecule has 0 aliphatic heterocycles. The van der Waals surface area contributed by atoms with E-state index in [0.717, 1.165) is 0 Å². The number of aryl methyl sites for hydroxylation is 1. The van der Waals surface area contributed by atoms with E-state index in [-0.39, 0.29) is 18.2 Å². The lowest BCUT2D eigenvalue weighted by Gasteiger charge is -2.15. The molecule has 0 bridgehead atoms. The van der Waals surface area contributed by atoms with Crippen molar-refractivity contribution in [2.75, 3.05) is 0 Å². The highest BCUT2D eigenvalue weighted by Crippen LogP contribution is 2.16. The van der Waals surface area contributed by atoms with Gasteiger partial charge in [-0.1, -0.05) is 13.8 Å². The smallest absolute Gasteiger partial charge is 0.305 e. The lowest BCUT2D eigenvalue weighted by atomic mass is 10.0. The fourth-order valence-corrected chi connectivity index (χ4v) is 1.72. The van der Waals surface area contributed by atoms with Gasteiger partial charge < -0.3 is 10.4 Å². The first-order chi connectivity index (χ1) is 8.81. The Morgan fingerprint density at radius 3 is 2.53 bits per heavy atom. The molecule has 1 aromatic heterocycles. The molecule has 0 aliphatic rings. The standard InChI is InChI=1S/C13H19N3O3/c1-7(2)12-10(6-14-9(4)16-12)13(19)15-8(3)5-11(17)18/h6-8H,5H2,1-4H3,(H,15,19)(H,17,18). The van der Waals surface area contributed by atoms with Gasteiger partial charge in [-0.25, -0.2) is 9.97 Å². The second-order valence-corrected chi connectivity index (χ2v) is 4.84. The Bertz CT molecular complexity index is 486. The van der Waals surface area contributed by atoms with Gasteiger partial charge in [0.2, 0.25) is 0 Å². The summed E-state index contributed by atoms with van der Waals surface area (Å²) in [6.07, 6.45) is 1.37. The molecular weight excluding hydrogens is 246 g/mol. The van der Waals surface area contributed by atoms with Crippen molar-refractivity contribution in [3.63, 3.8) is 0 Å². The largest absolute Gasteiger partial charge is 0.481 e. The molecule has 1 amide bonds. The molecule has 1 atom stereocenters. The van der Waals surface area contributed by atoms with Gasteiger partial charge in [-0.3, -0.25) is 9.59 Å². The zero-order chi connectivity index (χ0) is 14.6. The van der Waals surface area contributed by atoms with Crippen LogP contribution in [0, 0.1) is 6.92 Å². The van der Waals surface area contributed by atoms with Crippen molar-refractivity contribution in [3.05, 3.63) is 23.3 Å². The number of nitrogens with one attached hydrogen (secondary N) is 1. The average molecular weight is 265 g/mol. The van der Waals surface area contributed by atoms with Gasteiger partial charge >= 0.3 is 5.97 Å². The minimum Gasteiger partial charge on any atom is -0.481 e. The summed E-state index contributed by atoms with van der Waals surface area (Å²) < 4.78 is 0. The summed E-state index contributed by atoms with van der Waals surface area (Å²) in [4.78, 5) is 31.0. The van der Waals surface area contributed by atoms with Crippen molar-refractivity contribution in [1.29, 1.82) is 0 Å². The molecule has 0 aromatic carbocycles. The molecule has 0 spiro atoms. The summed E-state index contributed by atoms with van der Waals surface area (Å²) >= 11 is 0. The third kappa shape index (κ3) is 4.31. The predicted octanol–water partition coefficient (Wildman–Crippen LogP) is 1.50. The summed E-state index contributed by atoms with van der Waals surface area (Å²) in [5.74, 6) is -0.578. The second-order valence-electron chi connectivity index (χ2n) is 4.84. The Hall–Kier alpha value is -1.98. The molecule has 0 aliphatic carbocycles. The molecule has 1 unspecified atom stereocenters. The molecule has 1 heterocycles. The number of aromatic nitrogens is 2. The van der Waals surface area contributed by atoms with Gasteiger partial charge in [-0.05, 0) is 19.8 Å². The third-order valence-electron chi connectivity index (χ3n) is 2.59. The highest BCUT2D eigenvalue weighted by atomic mass is 16.4. The van der Waals surface area contributed by atoms with Crippen molar-refractivity contribution >= 4 is 11.9 Å². The molecule has 19 heavy (non-hydrogen) atoms. The minimum atomic E-state index is -0.947. The topological polar surface area (TPSA) is 92.2 Å². The summed E-state index contributed by atoms with van der Waals surface area (Å²) in [5, 5.41) is 11.3. The number of carbonyl (C=O) groups is 2. The molecule has 0 radical (unpaired) electrons. The van der Waals surface area contributed by atoms with Crippen LogP contribution in [0.15, 0.2) is 6.20 Å². The van der Waals surface area contributed by atoms with Gasteiger partial charge in [0.15, 0.2) is 0 Å². The van der Waals surface area contributed by atoms with Crippen LogP contribution in [0.3, 0.4) is 0 Å². The molecule has 104 valence electrons. The normalized spacial score (nSPS) is 12.3. The van der Waals surface area contributed by atoms with E-state index in [1.165, 1.54) is 6.20 Å². The number of carbonyl (C=O) groups excluding carboxylic acids is 1. The van der Waals surface area contributed by atoms with Crippen molar-refractivity contribution < 1.29 is 14.7 Å². The monoisotopic (exact) mass is 265 g/mol. The highest BCUT2D eigenvalue weighted by molar-refractivity contribution is 5.95. The molecule has 0 saturated heterocycles. The molecule has 0 saturated carbocycles. The Morgan fingerprint density at radius 1 is 1.37 bits per heavy atom. The summed E-state index contributed by atoms with van der Waals surface area (Å²) in [7, 11) is 0. The van der Waals surface area contributed by atoms with Gasteiger partial charge in [0.05, 0.1) is 17.7 Å². The first-order valence-electron chi connectivity index (χ1n) is 6.17. The van der Waals surface area contributed by atoms with Crippen molar-refractivity contribution in [2.45, 2.75) is 46.1 Å². The van der Waals surface area contributed by atoms with Crippen molar-refractivity contribution in [3.8, 4) is 0 Å². The maximum Gasteiger partial charge on any atom is 0.305 e. The van der Waals surface area contributed by atoms with E-state index in [9.17, 15) is 9.59 Å². The lowest BCUT2D eigenvalue weighted by Crippen LogP contribution is -2.35. The number of hydrogen-bond donors (Lipinski definition) is 2. The van der Waals surface area contributed by atoms with Gasteiger partial charge in [0.25, 0.3) is 5.91 Å². The first-order valence-corrected chi connectivity index (χ1v) is 6.17. The van der Waals surface area contributed by atoms with E-state index >= 15 is 0 Å². The van der Waals surface area contributed by atoms with Crippen molar-refractivity contribution in [2.24, 2.45) is 0 Å². The van der Waals surface area contributed by atoms with E-state index in [2.05, 4.69) is 15.3 Å². The Morgan fingerprint density at radius 2 is 2.00 bits per heavy atom. The third-order valence-corrected chi connectivity index (χ3v) is 2.59. The quantitative estimate of drug-likeness (QED) is 0.841. The number of carboxylic acids is 1. The summed E-state index contributed by atoms with van der Waals surface area (Å²) in [6, 6.07) is -0.439. The Balaban J connectivity index is 2.90. The van der Waals surface area contributed by atoms with Crippen LogP contribution in [0.4, 0.5) is 0 Å². The highest BCUT2D eigenvalue weighted by Gasteiger charge is 2.18. The van der Waals surface area contributed by atoms with Gasteiger partial charge in [-0.15, -0.1) is 0 Å². The zero-order valence-electron chi connectivity index (χ0n) is 11.6. The maximum absolute atomic E-state index is 12.1. The molecule has 6 nitrogen and oxygen atoms in total. The number of nitrogens with zero attached hydrogens (tertiary/aromatic N) is 2. The van der Waals surface area contributed by atoms with Gasteiger partial charge in [0.1, 0.15) is 5.82 Å². The average Bonchev–Trinajstić information content (AvgIpc) is 2.27. The fourth-order valence-electron chi connectivity index (χ4n) is 1.72. The van der Waals surface area contributed by atoms with Gasteiger partial charge in [0, 0.05) is 12.2 Å². The minimum absolute atomic E-state index is 0.0947. The molecule has 2 N–H and O–H groups in total. The predicted molar refractivity (Wildman–Crippen MR) is 70.0 cm³/mol. The fraction of sp³-hybridized carbons (Fsp3) is 0.538. The van der Waals surface area contributed by atoms with Crippen LogP contribution in [-0.2, 0) is 4.79 Å². The van der Waals surface area contributed by atoms with Crippen LogP contribution in [0.2, 0.25) is 0 Å². The SMILES string of the molecule is Cc1ncc(C(=O)NC(C)CC(=O)O)c(C(C)C)n1. The van der Waals surface area contributed by atoms with E-state index in [4.69, 9.17) is 5.11 Å². The van der Waals surface area contributed by atoms with Crippen LogP contribution in [-0.4, -0.2) is 33.0 Å². The molecule has 1 rings (SSSR count). The van der Waals surface area contributed by atoms with Crippen LogP contribution in [0.1, 0.15) is 55.0 Å². The summed E-state index contributed by atoms with van der Waals surface area (Å²) in [6.45, 7) is 7.30. The molecule has 6 heteroatoms. The molecule has 0 fully saturated rings. The molecule has 1 aromatic rings. The van der Waals surface area contributed by atoms with Crippen molar-refractivity contribution in [1.82, 2.24) is 15.3 Å². The Kier molecular flexibility index (Phi) is 4.97. The van der Waals surface area contributed by atoms with Gasteiger partial charge in [-0.2, -0.15) is 0 Å². The zero-order valence-corrected chi connectivity index (χ0v) is 11.6. The Labute approximate surface area is 112 Å². The summed E-state index contributed by atoms with van der Waals surface area (Å²) in [5.41, 5.74) is 1.07. The number of amides is 1. The van der Waals surface area contributed by atoms with Crippen LogP contribution in [0.25, 0.3) is 0 Å². The van der Waals surface area contributed by atoms with Crippen LogP contribution in [0.5, 0.6) is 0 Å². The first kappa shape index (κ1) is 15.1. The number of aliphatic carboxylic acids is 1.